The Labute approximate surface area is 156 Å². The van der Waals surface area contributed by atoms with E-state index in [1.54, 1.807) is 0 Å². The van der Waals surface area contributed by atoms with Crippen LogP contribution in [0.1, 0.15) is 105 Å². The van der Waals surface area contributed by atoms with Crippen LogP contribution in [0.4, 0.5) is 0 Å². The molecule has 3 rings (SSSR count). The molecular weight excluding hydrogens is 328 g/mol. The van der Waals surface area contributed by atoms with Crippen LogP contribution in [0.2, 0.25) is 0 Å². The smallest absolute Gasteiger partial charge is 0.159 e. The van der Waals surface area contributed by atoms with Crippen molar-refractivity contribution in [2.45, 2.75) is 115 Å². The third-order valence-electron chi connectivity index (χ3n) is 8.03. The third-order valence-corrected chi connectivity index (χ3v) is 11.3. The van der Waals surface area contributed by atoms with Crippen LogP contribution in [0.15, 0.2) is 0 Å². The molecular formula is C22H40O2S. The highest BCUT2D eigenvalue weighted by molar-refractivity contribution is 7.94. The lowest BCUT2D eigenvalue weighted by molar-refractivity contribution is 0.154. The molecule has 1 heterocycles. The van der Waals surface area contributed by atoms with Crippen molar-refractivity contribution in [3.8, 4) is 0 Å². The lowest BCUT2D eigenvalue weighted by atomic mass is 9.71. The quantitative estimate of drug-likeness (QED) is 0.410. The SMILES string of the molecule is CCCCCCC(CCCCCC)C1C2CC2(C)S(=O)(=O)C2CC12C. The van der Waals surface area contributed by atoms with Crippen molar-refractivity contribution in [2.75, 3.05) is 0 Å². The van der Waals surface area contributed by atoms with E-state index in [1.807, 2.05) is 0 Å². The monoisotopic (exact) mass is 368 g/mol. The van der Waals surface area contributed by atoms with Crippen LogP contribution in [0.5, 0.6) is 0 Å². The maximum Gasteiger partial charge on any atom is 0.159 e. The highest BCUT2D eigenvalue weighted by atomic mass is 32.2. The number of unbranched alkanes of at least 4 members (excludes halogenated alkanes) is 6. The summed E-state index contributed by atoms with van der Waals surface area (Å²) in [5, 5.41) is -0.0115. The van der Waals surface area contributed by atoms with Crippen LogP contribution < -0.4 is 0 Å². The molecule has 5 unspecified atom stereocenters. The largest absolute Gasteiger partial charge is 0.228 e. The second-order valence-corrected chi connectivity index (χ2v) is 12.4. The van der Waals surface area contributed by atoms with Gasteiger partial charge < -0.3 is 0 Å². The standard InChI is InChI=1S/C22H40O2S/c1-5-7-9-11-13-17(14-12-10-8-6-2)20-18-15-22(18,4)25(23,24)19-16-21(19,20)3/h17-20H,5-16H2,1-4H3. The molecule has 25 heavy (non-hydrogen) atoms. The van der Waals surface area contributed by atoms with Crippen molar-refractivity contribution in [2.24, 2.45) is 23.2 Å². The Bertz CT molecular complexity index is 557. The van der Waals surface area contributed by atoms with E-state index in [2.05, 4.69) is 27.7 Å². The first-order valence-corrected chi connectivity index (χ1v) is 12.6. The van der Waals surface area contributed by atoms with Gasteiger partial charge in [-0.3, -0.25) is 0 Å². The van der Waals surface area contributed by atoms with E-state index in [0.29, 0.717) is 11.8 Å². The second kappa shape index (κ2) is 7.17. The maximum atomic E-state index is 12.9. The van der Waals surface area contributed by atoms with Crippen LogP contribution >= 0.6 is 0 Å². The minimum atomic E-state index is -2.87. The normalized spacial score (nSPS) is 40.6. The average Bonchev–Trinajstić information content (AvgIpc) is 3.44. The van der Waals surface area contributed by atoms with E-state index in [4.69, 9.17) is 0 Å². The second-order valence-electron chi connectivity index (χ2n) is 9.85. The molecule has 2 saturated carbocycles. The molecule has 3 aliphatic rings. The van der Waals surface area contributed by atoms with Crippen LogP contribution in [0, 0.1) is 23.2 Å². The van der Waals surface area contributed by atoms with Gasteiger partial charge in [-0.15, -0.1) is 0 Å². The molecule has 0 aromatic rings. The first kappa shape index (κ1) is 19.7. The molecule has 2 aliphatic carbocycles. The van der Waals surface area contributed by atoms with E-state index < -0.39 is 9.84 Å². The molecule has 1 saturated heterocycles. The van der Waals surface area contributed by atoms with Crippen molar-refractivity contribution < 1.29 is 8.42 Å². The molecule has 2 nitrogen and oxygen atoms in total. The van der Waals surface area contributed by atoms with Crippen LogP contribution in [-0.2, 0) is 9.84 Å². The summed E-state index contributed by atoms with van der Waals surface area (Å²) in [6, 6.07) is 0. The molecule has 5 atom stereocenters. The first-order valence-electron chi connectivity index (χ1n) is 11.1. The molecule has 146 valence electrons. The molecule has 0 aromatic carbocycles. The van der Waals surface area contributed by atoms with Crippen molar-refractivity contribution in [1.29, 1.82) is 0 Å². The van der Waals surface area contributed by atoms with E-state index in [0.717, 1.165) is 18.8 Å². The predicted octanol–water partition coefficient (Wildman–Crippen LogP) is 6.15. The van der Waals surface area contributed by atoms with Crippen molar-refractivity contribution in [3.05, 3.63) is 0 Å². The van der Waals surface area contributed by atoms with Crippen LogP contribution in [0.3, 0.4) is 0 Å². The average molecular weight is 369 g/mol. The van der Waals surface area contributed by atoms with Crippen molar-refractivity contribution in [3.63, 3.8) is 0 Å². The Kier molecular flexibility index (Phi) is 5.65. The number of hydrogen-bond donors (Lipinski definition) is 0. The van der Waals surface area contributed by atoms with E-state index in [-0.39, 0.29) is 15.4 Å². The number of fused-ring (bicyclic) bond motifs is 2. The summed E-state index contributed by atoms with van der Waals surface area (Å²) >= 11 is 0. The topological polar surface area (TPSA) is 34.1 Å². The summed E-state index contributed by atoms with van der Waals surface area (Å²) < 4.78 is 25.4. The molecule has 3 heteroatoms. The first-order chi connectivity index (χ1) is 11.8. The van der Waals surface area contributed by atoms with Gasteiger partial charge in [0.1, 0.15) is 0 Å². The maximum absolute atomic E-state index is 12.9. The Morgan fingerprint density at radius 1 is 0.880 bits per heavy atom. The Morgan fingerprint density at radius 2 is 1.44 bits per heavy atom. The summed E-state index contributed by atoms with van der Waals surface area (Å²) in [5.74, 6) is 1.91. The summed E-state index contributed by atoms with van der Waals surface area (Å²) in [4.78, 5) is 0. The number of hydrogen-bond acceptors (Lipinski definition) is 2. The molecule has 0 spiro atoms. The van der Waals surface area contributed by atoms with E-state index in [1.165, 1.54) is 64.2 Å². The van der Waals surface area contributed by atoms with E-state index >= 15 is 0 Å². The number of rotatable bonds is 11. The van der Waals surface area contributed by atoms with E-state index in [9.17, 15) is 8.42 Å². The zero-order valence-corrected chi connectivity index (χ0v) is 17.8. The Balaban J connectivity index is 1.69. The zero-order chi connectivity index (χ0) is 18.3. The molecule has 0 N–H and O–H groups in total. The third kappa shape index (κ3) is 3.32. The van der Waals surface area contributed by atoms with Gasteiger partial charge in [0.05, 0.1) is 10.00 Å². The van der Waals surface area contributed by atoms with Crippen LogP contribution in [-0.4, -0.2) is 18.4 Å². The van der Waals surface area contributed by atoms with Crippen molar-refractivity contribution in [1.82, 2.24) is 0 Å². The van der Waals surface area contributed by atoms with Gasteiger partial charge in [-0.25, -0.2) is 8.42 Å². The Morgan fingerprint density at radius 3 is 1.96 bits per heavy atom. The van der Waals surface area contributed by atoms with Gasteiger partial charge in [-0.05, 0) is 42.9 Å². The highest BCUT2D eigenvalue weighted by Crippen LogP contribution is 2.75. The molecule has 0 aromatic heterocycles. The fourth-order valence-electron chi connectivity index (χ4n) is 6.19. The molecule has 3 fully saturated rings. The fourth-order valence-corrected chi connectivity index (χ4v) is 9.26. The highest BCUT2D eigenvalue weighted by Gasteiger charge is 2.80. The van der Waals surface area contributed by atoms with Crippen LogP contribution in [0.25, 0.3) is 0 Å². The van der Waals surface area contributed by atoms with Gasteiger partial charge in [-0.2, -0.15) is 0 Å². The van der Waals surface area contributed by atoms with Gasteiger partial charge in [0.2, 0.25) is 0 Å². The van der Waals surface area contributed by atoms with Gasteiger partial charge in [0, 0.05) is 0 Å². The Hall–Kier alpha value is -0.0500. The lowest BCUT2D eigenvalue weighted by Gasteiger charge is -2.38. The summed E-state index contributed by atoms with van der Waals surface area (Å²) in [6.07, 6.45) is 15.3. The predicted molar refractivity (Wildman–Crippen MR) is 106 cm³/mol. The zero-order valence-electron chi connectivity index (χ0n) is 17.0. The fraction of sp³-hybridized carbons (Fsp3) is 1.00. The van der Waals surface area contributed by atoms with Gasteiger partial charge in [0.15, 0.2) is 9.84 Å². The summed E-state index contributed by atoms with van der Waals surface area (Å²) in [6.45, 7) is 8.92. The van der Waals surface area contributed by atoms with Crippen molar-refractivity contribution >= 4 is 9.84 Å². The summed E-state index contributed by atoms with van der Waals surface area (Å²) in [7, 11) is -2.87. The molecule has 0 bridgehead atoms. The minimum absolute atomic E-state index is 0.0115. The van der Waals surface area contributed by atoms with Gasteiger partial charge in [-0.1, -0.05) is 85.0 Å². The molecule has 0 radical (unpaired) electrons. The lowest BCUT2D eigenvalue weighted by Crippen LogP contribution is -2.41. The summed E-state index contributed by atoms with van der Waals surface area (Å²) in [5.41, 5.74) is 0.111. The minimum Gasteiger partial charge on any atom is -0.228 e. The van der Waals surface area contributed by atoms with Gasteiger partial charge in [0.25, 0.3) is 0 Å². The number of sulfone groups is 1. The van der Waals surface area contributed by atoms with Gasteiger partial charge >= 0.3 is 0 Å². The molecule has 0 amide bonds. The molecule has 1 aliphatic heterocycles.